The topological polar surface area (TPSA) is 160 Å². The van der Waals surface area contributed by atoms with E-state index in [0.717, 1.165) is 0 Å². The van der Waals surface area contributed by atoms with Gasteiger partial charge in [-0.2, -0.15) is 4.98 Å². The molecule has 2 aromatic carbocycles. The molecular weight excluding hydrogens is 614 g/mol. The number of rotatable bonds is 8. The Kier molecular flexibility index (Phi) is 9.10. The highest BCUT2D eigenvalue weighted by molar-refractivity contribution is 8.00. The second kappa shape index (κ2) is 13.1. The van der Waals surface area contributed by atoms with Crippen LogP contribution in [0.3, 0.4) is 0 Å². The highest BCUT2D eigenvalue weighted by Crippen LogP contribution is 2.21. The molecule has 16 heteroatoms. The van der Waals surface area contributed by atoms with E-state index in [9.17, 15) is 28.0 Å². The van der Waals surface area contributed by atoms with E-state index in [0.29, 0.717) is 44.1 Å². The molecule has 0 radical (unpaired) electrons. The van der Waals surface area contributed by atoms with Gasteiger partial charge in [-0.15, -0.1) is 15.3 Å². The van der Waals surface area contributed by atoms with Crippen LogP contribution >= 0.6 is 23.5 Å². The lowest BCUT2D eigenvalue weighted by Gasteiger charge is -2.03. The number of H-pyrrole nitrogens is 2. The average Bonchev–Trinajstić information content (AvgIpc) is 3.60. The van der Waals surface area contributed by atoms with Crippen LogP contribution in [0.25, 0.3) is 11.4 Å². The molecule has 4 heterocycles. The van der Waals surface area contributed by atoms with Gasteiger partial charge in [0.05, 0.1) is 11.5 Å². The van der Waals surface area contributed by atoms with E-state index in [1.165, 1.54) is 84.2 Å². The van der Waals surface area contributed by atoms with Crippen LogP contribution in [0.4, 0.5) is 8.78 Å². The molecule has 44 heavy (non-hydrogen) atoms. The van der Waals surface area contributed by atoms with Crippen LogP contribution in [0.2, 0.25) is 0 Å². The molecule has 0 saturated carbocycles. The molecular formula is C28H22F2N8O4S2. The van der Waals surface area contributed by atoms with Crippen LogP contribution in [0.5, 0.6) is 0 Å². The second-order valence-corrected chi connectivity index (χ2v) is 11.2. The molecule has 0 aliphatic heterocycles. The summed E-state index contributed by atoms with van der Waals surface area (Å²) in [6.45, 7) is 3.52. The van der Waals surface area contributed by atoms with E-state index in [1.54, 1.807) is 22.8 Å². The van der Waals surface area contributed by atoms with Crippen molar-refractivity contribution < 1.29 is 18.4 Å². The first-order chi connectivity index (χ1) is 21.1. The van der Waals surface area contributed by atoms with Gasteiger partial charge in [-0.05, 0) is 62.4 Å². The van der Waals surface area contributed by atoms with Crippen molar-refractivity contribution in [2.24, 2.45) is 0 Å². The number of ketones is 2. The molecule has 0 spiro atoms. The summed E-state index contributed by atoms with van der Waals surface area (Å²) in [5.74, 6) is -0.457. The molecule has 0 amide bonds. The number of aryl methyl sites for hydroxylation is 2. The van der Waals surface area contributed by atoms with Crippen LogP contribution in [0.1, 0.15) is 32.1 Å². The summed E-state index contributed by atoms with van der Waals surface area (Å²) in [6, 6.07) is 13.6. The third-order valence-electron chi connectivity index (χ3n) is 6.12. The first kappa shape index (κ1) is 30.5. The van der Waals surface area contributed by atoms with Crippen molar-refractivity contribution >= 4 is 46.5 Å². The molecule has 4 aromatic heterocycles. The van der Waals surface area contributed by atoms with E-state index in [-0.39, 0.29) is 45.8 Å². The maximum atomic E-state index is 12.8. The van der Waals surface area contributed by atoms with E-state index >= 15 is 0 Å². The van der Waals surface area contributed by atoms with Gasteiger partial charge in [0.1, 0.15) is 11.6 Å². The third-order valence-corrected chi connectivity index (χ3v) is 8.00. The predicted octanol–water partition coefficient (Wildman–Crippen LogP) is 3.68. The van der Waals surface area contributed by atoms with Gasteiger partial charge in [0, 0.05) is 34.6 Å². The highest BCUT2D eigenvalue weighted by atomic mass is 32.2. The molecule has 2 N–H and O–H groups in total. The predicted molar refractivity (Wildman–Crippen MR) is 160 cm³/mol. The summed E-state index contributed by atoms with van der Waals surface area (Å²) in [6.07, 6.45) is 0. The third kappa shape index (κ3) is 6.98. The zero-order valence-electron chi connectivity index (χ0n) is 23.1. The number of fused-ring (bicyclic) bond motifs is 2. The Labute approximate surface area is 254 Å². The molecule has 12 nitrogen and oxygen atoms in total. The molecule has 0 aliphatic rings. The molecule has 0 bridgehead atoms. The summed E-state index contributed by atoms with van der Waals surface area (Å²) in [7, 11) is 0. The van der Waals surface area contributed by atoms with Crippen molar-refractivity contribution in [3.63, 3.8) is 0 Å². The fourth-order valence-electron chi connectivity index (χ4n) is 3.97. The SMILES string of the molecule is Cc1cc(=O)[nH]c2nnc(SCC(=O)c3ccc(F)cc3)n12.Cc1cc(=O)nc2c(SCC(=O)c3ccc(F)cc3)n[nH]n12. The van der Waals surface area contributed by atoms with Crippen LogP contribution in [0, 0.1) is 25.5 Å². The van der Waals surface area contributed by atoms with Gasteiger partial charge in [0.2, 0.25) is 5.78 Å². The molecule has 0 atom stereocenters. The Bertz CT molecular complexity index is 2110. The number of halogens is 2. The largest absolute Gasteiger partial charge is 0.293 e. The van der Waals surface area contributed by atoms with E-state index in [1.807, 2.05) is 0 Å². The normalized spacial score (nSPS) is 11.0. The number of carbonyl (C=O) groups is 2. The van der Waals surface area contributed by atoms with Crippen LogP contribution in [0.15, 0.2) is 80.4 Å². The lowest BCUT2D eigenvalue weighted by molar-refractivity contribution is 0.101. The smallest absolute Gasteiger partial charge is 0.273 e. The second-order valence-electron chi connectivity index (χ2n) is 9.27. The minimum atomic E-state index is -0.387. The van der Waals surface area contributed by atoms with Crippen LogP contribution < -0.4 is 11.1 Å². The fraction of sp³-hybridized carbons (Fsp3) is 0.143. The number of hydrogen-bond acceptors (Lipinski definition) is 10. The summed E-state index contributed by atoms with van der Waals surface area (Å²) in [4.78, 5) is 53.4. The zero-order valence-corrected chi connectivity index (χ0v) is 24.7. The Hall–Kier alpha value is -4.96. The maximum absolute atomic E-state index is 12.8. The van der Waals surface area contributed by atoms with E-state index < -0.39 is 0 Å². The van der Waals surface area contributed by atoms with Crippen molar-refractivity contribution in [3.8, 4) is 0 Å². The molecule has 0 unspecified atom stereocenters. The number of aromatic nitrogens is 8. The number of thioether (sulfide) groups is 2. The van der Waals surface area contributed by atoms with E-state index in [4.69, 9.17) is 0 Å². The Balaban J connectivity index is 0.000000175. The zero-order chi connectivity index (χ0) is 31.4. The van der Waals surface area contributed by atoms with Crippen molar-refractivity contribution in [1.29, 1.82) is 0 Å². The maximum Gasteiger partial charge on any atom is 0.273 e. The van der Waals surface area contributed by atoms with E-state index in [2.05, 4.69) is 30.5 Å². The first-order valence-electron chi connectivity index (χ1n) is 12.8. The van der Waals surface area contributed by atoms with Crippen molar-refractivity contribution in [2.45, 2.75) is 24.0 Å². The minimum Gasteiger partial charge on any atom is -0.293 e. The highest BCUT2D eigenvalue weighted by Gasteiger charge is 2.14. The molecule has 0 fully saturated rings. The Morgan fingerprint density at radius 3 is 2.02 bits per heavy atom. The summed E-state index contributed by atoms with van der Waals surface area (Å²) in [5.41, 5.74) is 2.01. The quantitative estimate of drug-likeness (QED) is 0.186. The number of benzene rings is 2. The van der Waals surface area contributed by atoms with Gasteiger partial charge in [0.25, 0.3) is 11.1 Å². The number of Topliss-reactive ketones (excluding diaryl/α,β-unsaturated/α-hetero) is 2. The molecule has 0 saturated heterocycles. The Morgan fingerprint density at radius 1 is 0.818 bits per heavy atom. The molecule has 6 rings (SSSR count). The van der Waals surface area contributed by atoms with Crippen molar-refractivity contribution in [3.05, 3.63) is 116 Å². The van der Waals surface area contributed by atoms with Crippen molar-refractivity contribution in [2.75, 3.05) is 11.5 Å². The number of aromatic amines is 2. The summed E-state index contributed by atoms with van der Waals surface area (Å²) in [5, 5.41) is 15.6. The lowest BCUT2D eigenvalue weighted by atomic mass is 10.1. The van der Waals surface area contributed by atoms with Gasteiger partial charge in [-0.1, -0.05) is 23.5 Å². The minimum absolute atomic E-state index is 0.121. The standard InChI is InChI=1S/2C14H11FN4O2S/c1-8-6-12(21)16-13-17-18-14(19(8)13)22-7-11(20)9-2-4-10(15)5-3-9;1-8-6-12(21)16-13-14(17-18-19(8)13)22-7-11(20)9-2-4-10(15)5-3-9/h2-6H,7H2,1H3,(H,16,17,21);2-6,18H,7H2,1H3. The number of nitrogens with one attached hydrogen (secondary N) is 2. The van der Waals surface area contributed by atoms with Crippen LogP contribution in [-0.4, -0.2) is 62.5 Å². The molecule has 6 aromatic rings. The van der Waals surface area contributed by atoms with Gasteiger partial charge in [-0.25, -0.2) is 18.5 Å². The van der Waals surface area contributed by atoms with Gasteiger partial charge in [-0.3, -0.25) is 28.6 Å². The molecule has 224 valence electrons. The number of hydrogen-bond donors (Lipinski definition) is 2. The summed E-state index contributed by atoms with van der Waals surface area (Å²) < 4.78 is 28.9. The monoisotopic (exact) mass is 636 g/mol. The number of nitrogens with zero attached hydrogens (tertiary/aromatic N) is 6. The van der Waals surface area contributed by atoms with Gasteiger partial charge >= 0.3 is 0 Å². The summed E-state index contributed by atoms with van der Waals surface area (Å²) >= 11 is 2.38. The fourth-order valence-corrected chi connectivity index (χ4v) is 5.66. The number of carbonyl (C=O) groups excluding carboxylic acids is 2. The lowest BCUT2D eigenvalue weighted by Crippen LogP contribution is -2.10. The van der Waals surface area contributed by atoms with Crippen LogP contribution in [-0.2, 0) is 0 Å². The average molecular weight is 637 g/mol. The van der Waals surface area contributed by atoms with Gasteiger partial charge in [0.15, 0.2) is 27.4 Å². The van der Waals surface area contributed by atoms with Gasteiger partial charge < -0.3 is 0 Å². The molecule has 0 aliphatic carbocycles. The van der Waals surface area contributed by atoms with Crippen molar-refractivity contribution in [1.82, 2.24) is 39.4 Å². The Morgan fingerprint density at radius 2 is 1.41 bits per heavy atom. The first-order valence-corrected chi connectivity index (χ1v) is 14.8.